The first-order valence-electron chi connectivity index (χ1n) is 5.45. The molecule has 17 heavy (non-hydrogen) atoms. The van der Waals surface area contributed by atoms with E-state index in [1.165, 1.54) is 11.1 Å². The molecule has 0 spiro atoms. The third-order valence-electron chi connectivity index (χ3n) is 2.95. The van der Waals surface area contributed by atoms with Crippen molar-refractivity contribution in [3.05, 3.63) is 30.1 Å². The van der Waals surface area contributed by atoms with Crippen LogP contribution in [0.15, 0.2) is 24.5 Å². The highest BCUT2D eigenvalue weighted by atomic mass is 32.2. The quantitative estimate of drug-likeness (QED) is 0.780. The molecule has 2 rings (SSSR count). The van der Waals surface area contributed by atoms with E-state index in [4.69, 9.17) is 0 Å². The van der Waals surface area contributed by atoms with E-state index in [1.807, 2.05) is 0 Å². The molecule has 0 aliphatic carbocycles. The predicted octanol–water partition coefficient (Wildman–Crippen LogP) is 0.341. The first kappa shape index (κ1) is 12.0. The van der Waals surface area contributed by atoms with E-state index in [0.29, 0.717) is 18.7 Å². The summed E-state index contributed by atoms with van der Waals surface area (Å²) in [7, 11) is -3.02. The normalized spacial score (nSPS) is 16.6. The van der Waals surface area contributed by atoms with Crippen molar-refractivity contribution in [3.8, 4) is 0 Å². The molecule has 0 aromatic carbocycles. The number of aromatic nitrogens is 1. The molecule has 1 aliphatic heterocycles. The maximum atomic E-state index is 11.9. The predicted molar refractivity (Wildman–Crippen MR) is 63.4 cm³/mol. The lowest BCUT2D eigenvalue weighted by molar-refractivity contribution is 0.0658. The lowest BCUT2D eigenvalue weighted by Gasteiger charge is -2.38. The lowest BCUT2D eigenvalue weighted by atomic mass is 10.1. The Labute approximate surface area is 100 Å². The maximum Gasteiger partial charge on any atom is 0.255 e. The lowest BCUT2D eigenvalue weighted by Crippen LogP contribution is -2.57. The number of sulfone groups is 1. The van der Waals surface area contributed by atoms with Crippen LogP contribution in [0.5, 0.6) is 0 Å². The Morgan fingerprint density at radius 2 is 2.24 bits per heavy atom. The van der Waals surface area contributed by atoms with Crippen molar-refractivity contribution in [2.24, 2.45) is 0 Å². The van der Waals surface area contributed by atoms with Gasteiger partial charge in [-0.2, -0.15) is 0 Å². The number of hydrogen-bond acceptors (Lipinski definition) is 4. The van der Waals surface area contributed by atoms with Gasteiger partial charge in [-0.1, -0.05) is 6.92 Å². The van der Waals surface area contributed by atoms with Gasteiger partial charge in [0.2, 0.25) is 0 Å². The fraction of sp³-hybridized carbons (Fsp3) is 0.455. The molecule has 0 unspecified atom stereocenters. The summed E-state index contributed by atoms with van der Waals surface area (Å²) in [5.74, 6) is -0.0206. The summed E-state index contributed by atoms with van der Waals surface area (Å²) >= 11 is 0. The van der Waals surface area contributed by atoms with E-state index in [9.17, 15) is 13.2 Å². The number of carbonyl (C=O) groups excluding carboxylic acids is 1. The van der Waals surface area contributed by atoms with Crippen molar-refractivity contribution in [2.45, 2.75) is 12.2 Å². The minimum Gasteiger partial charge on any atom is -0.336 e. The van der Waals surface area contributed by atoms with E-state index in [-0.39, 0.29) is 11.7 Å². The molecule has 1 aromatic rings. The maximum absolute atomic E-state index is 11.9. The van der Waals surface area contributed by atoms with Crippen LogP contribution in [-0.4, -0.2) is 48.3 Å². The molecule has 0 radical (unpaired) electrons. The summed E-state index contributed by atoms with van der Waals surface area (Å²) < 4.78 is 23.1. The van der Waals surface area contributed by atoms with E-state index in [0.717, 1.165) is 0 Å². The Hall–Kier alpha value is -1.43. The first-order chi connectivity index (χ1) is 8.04. The molecule has 6 heteroatoms. The molecule has 0 saturated carbocycles. The summed E-state index contributed by atoms with van der Waals surface area (Å²) in [6.45, 7) is 2.22. The topological polar surface area (TPSA) is 67.3 Å². The molecular weight excluding hydrogens is 240 g/mol. The number of amides is 1. The van der Waals surface area contributed by atoms with Crippen LogP contribution in [0.1, 0.15) is 17.3 Å². The van der Waals surface area contributed by atoms with Crippen molar-refractivity contribution in [1.82, 2.24) is 9.88 Å². The van der Waals surface area contributed by atoms with Crippen molar-refractivity contribution in [3.63, 3.8) is 0 Å². The molecule has 1 saturated heterocycles. The minimum atomic E-state index is -3.02. The summed E-state index contributed by atoms with van der Waals surface area (Å²) in [6.07, 6.45) is 3.08. The van der Waals surface area contributed by atoms with Gasteiger partial charge in [-0.15, -0.1) is 0 Å². The van der Waals surface area contributed by atoms with Crippen molar-refractivity contribution >= 4 is 15.7 Å². The highest BCUT2D eigenvalue weighted by molar-refractivity contribution is 7.92. The average molecular weight is 254 g/mol. The third-order valence-corrected chi connectivity index (χ3v) is 5.07. The van der Waals surface area contributed by atoms with Crippen LogP contribution in [0.25, 0.3) is 0 Å². The molecular formula is C11H14N2O3S. The largest absolute Gasteiger partial charge is 0.336 e. The van der Waals surface area contributed by atoms with Crippen LogP contribution in [0.3, 0.4) is 0 Å². The zero-order valence-corrected chi connectivity index (χ0v) is 10.4. The second-order valence-corrected chi connectivity index (χ2v) is 6.60. The van der Waals surface area contributed by atoms with Gasteiger partial charge in [-0.3, -0.25) is 9.78 Å². The Balaban J connectivity index is 2.00. The fourth-order valence-corrected chi connectivity index (χ4v) is 3.02. The highest BCUT2D eigenvalue weighted by Crippen LogP contribution is 2.19. The average Bonchev–Trinajstić information content (AvgIpc) is 2.28. The van der Waals surface area contributed by atoms with Gasteiger partial charge < -0.3 is 4.90 Å². The smallest absolute Gasteiger partial charge is 0.255 e. The number of nitrogens with zero attached hydrogens (tertiary/aromatic N) is 2. The summed E-state index contributed by atoms with van der Waals surface area (Å²) in [5.41, 5.74) is 0.500. The van der Waals surface area contributed by atoms with Crippen LogP contribution in [0.2, 0.25) is 0 Å². The molecule has 0 bridgehead atoms. The van der Waals surface area contributed by atoms with Crippen LogP contribution >= 0.6 is 0 Å². The molecule has 0 atom stereocenters. The molecule has 2 heterocycles. The SMILES string of the molecule is CCS(=O)(=O)C1CN(C(=O)c2cccnc2)C1. The van der Waals surface area contributed by atoms with E-state index in [2.05, 4.69) is 4.98 Å². The van der Waals surface area contributed by atoms with Gasteiger partial charge in [0.25, 0.3) is 5.91 Å². The van der Waals surface area contributed by atoms with Crippen molar-refractivity contribution < 1.29 is 13.2 Å². The van der Waals surface area contributed by atoms with Crippen LogP contribution < -0.4 is 0 Å². The number of likely N-dealkylation sites (tertiary alicyclic amines) is 1. The Morgan fingerprint density at radius 3 is 2.76 bits per heavy atom. The minimum absolute atomic E-state index is 0.132. The molecule has 1 amide bonds. The van der Waals surface area contributed by atoms with Crippen molar-refractivity contribution in [2.75, 3.05) is 18.8 Å². The van der Waals surface area contributed by atoms with Gasteiger partial charge in [0.05, 0.1) is 10.8 Å². The molecule has 1 aliphatic rings. The van der Waals surface area contributed by atoms with Gasteiger partial charge in [-0.05, 0) is 12.1 Å². The van der Waals surface area contributed by atoms with Crippen LogP contribution in [-0.2, 0) is 9.84 Å². The Morgan fingerprint density at radius 1 is 1.53 bits per heavy atom. The van der Waals surface area contributed by atoms with Gasteiger partial charge in [0.15, 0.2) is 9.84 Å². The third kappa shape index (κ3) is 2.31. The van der Waals surface area contributed by atoms with Gasteiger partial charge in [0.1, 0.15) is 0 Å². The number of carbonyl (C=O) groups is 1. The second kappa shape index (κ2) is 4.44. The van der Waals surface area contributed by atoms with Gasteiger partial charge in [0, 0.05) is 31.2 Å². The van der Waals surface area contributed by atoms with E-state index < -0.39 is 15.1 Å². The van der Waals surface area contributed by atoms with Crippen LogP contribution in [0, 0.1) is 0 Å². The van der Waals surface area contributed by atoms with E-state index >= 15 is 0 Å². The fourth-order valence-electron chi connectivity index (χ4n) is 1.74. The first-order valence-corrected chi connectivity index (χ1v) is 7.17. The monoisotopic (exact) mass is 254 g/mol. The zero-order chi connectivity index (χ0) is 12.5. The molecule has 1 aromatic heterocycles. The Kier molecular flexibility index (Phi) is 3.15. The number of hydrogen-bond donors (Lipinski definition) is 0. The summed E-state index contributed by atoms with van der Waals surface area (Å²) in [4.78, 5) is 17.3. The second-order valence-electron chi connectivity index (χ2n) is 4.03. The zero-order valence-electron chi connectivity index (χ0n) is 9.54. The molecule has 1 fully saturated rings. The molecule has 92 valence electrons. The molecule has 5 nitrogen and oxygen atoms in total. The number of rotatable bonds is 3. The number of pyridine rings is 1. The van der Waals surface area contributed by atoms with Gasteiger partial charge in [-0.25, -0.2) is 8.42 Å². The summed E-state index contributed by atoms with van der Waals surface area (Å²) in [5, 5.41) is -0.395. The van der Waals surface area contributed by atoms with E-state index in [1.54, 1.807) is 25.3 Å². The Bertz CT molecular complexity index is 507. The standard InChI is InChI=1S/C11H14N2O3S/c1-2-17(15,16)10-7-13(8-10)11(14)9-4-3-5-12-6-9/h3-6,10H,2,7-8H2,1H3. The van der Waals surface area contributed by atoms with Crippen molar-refractivity contribution in [1.29, 1.82) is 0 Å². The highest BCUT2D eigenvalue weighted by Gasteiger charge is 2.38. The van der Waals surface area contributed by atoms with Crippen LogP contribution in [0.4, 0.5) is 0 Å². The summed E-state index contributed by atoms with van der Waals surface area (Å²) in [6, 6.07) is 3.37. The molecule has 0 N–H and O–H groups in total. The van der Waals surface area contributed by atoms with Gasteiger partial charge >= 0.3 is 0 Å².